The van der Waals surface area contributed by atoms with Crippen molar-refractivity contribution in [2.45, 2.75) is 288 Å². The third-order valence-corrected chi connectivity index (χ3v) is 17.4. The van der Waals surface area contributed by atoms with Crippen molar-refractivity contribution in [2.24, 2.45) is 5.92 Å². The Morgan fingerprint density at radius 1 is 0.513 bits per heavy atom. The van der Waals surface area contributed by atoms with Crippen molar-refractivity contribution in [3.63, 3.8) is 0 Å². The van der Waals surface area contributed by atoms with Crippen molar-refractivity contribution in [1.29, 1.82) is 0 Å². The molecule has 3 aliphatic heterocycles. The van der Waals surface area contributed by atoms with Crippen molar-refractivity contribution >= 4 is 29.8 Å². The minimum Gasteiger partial charge on any atom is -0.462 e. The maximum absolute atomic E-state index is 14.9. The van der Waals surface area contributed by atoms with Crippen LogP contribution in [0.1, 0.15) is 269 Å². The van der Waals surface area contributed by atoms with Crippen molar-refractivity contribution in [2.75, 3.05) is 26.3 Å². The molecule has 0 amide bonds. The Kier molecular flexibility index (Phi) is 31.2. The van der Waals surface area contributed by atoms with Crippen LogP contribution in [0, 0.1) is 5.92 Å². The van der Waals surface area contributed by atoms with E-state index in [1.165, 1.54) is 159 Å². The zero-order valence-electron chi connectivity index (χ0n) is 49.2. The summed E-state index contributed by atoms with van der Waals surface area (Å²) in [4.78, 5) is 68.3. The van der Waals surface area contributed by atoms with Gasteiger partial charge < -0.3 is 28.2 Å². The molecule has 3 saturated heterocycles. The molecular formula is C67H106NO10+. The van der Waals surface area contributed by atoms with E-state index < -0.39 is 29.6 Å². The van der Waals surface area contributed by atoms with E-state index in [0.717, 1.165) is 64.2 Å². The Morgan fingerprint density at radius 2 is 0.910 bits per heavy atom. The van der Waals surface area contributed by atoms with Gasteiger partial charge in [0.25, 0.3) is 5.60 Å². The van der Waals surface area contributed by atoms with Crippen LogP contribution in [0.2, 0.25) is 0 Å². The zero-order chi connectivity index (χ0) is 55.5. The molecule has 2 bridgehead atoms. The number of rotatable bonds is 43. The van der Waals surface area contributed by atoms with Crippen LogP contribution >= 0.6 is 0 Å². The molecule has 0 saturated carbocycles. The number of esters is 5. The van der Waals surface area contributed by atoms with Gasteiger partial charge in [-0.15, -0.1) is 0 Å². The number of hydrogen-bond donors (Lipinski definition) is 0. The lowest BCUT2D eigenvalue weighted by molar-refractivity contribution is -0.956. The summed E-state index contributed by atoms with van der Waals surface area (Å²) in [6, 6.07) is 19.3. The number of piperidine rings is 1. The third-order valence-electron chi connectivity index (χ3n) is 17.4. The minimum absolute atomic E-state index is 0.0284. The first-order valence-corrected chi connectivity index (χ1v) is 32.0. The Labute approximate surface area is 472 Å². The molecule has 0 N–H and O–H groups in total. The lowest BCUT2D eigenvalue weighted by Crippen LogP contribution is -2.60. The summed E-state index contributed by atoms with van der Waals surface area (Å²) in [5.74, 6) is -2.78. The van der Waals surface area contributed by atoms with E-state index in [1.54, 1.807) is 24.3 Å². The smallest absolute Gasteiger partial charge is 0.360 e. The average molecular weight is 1090 g/mol. The van der Waals surface area contributed by atoms with E-state index in [1.807, 2.05) is 43.3 Å². The number of nitrogens with zero attached hydrogens (tertiary/aromatic N) is 1. The van der Waals surface area contributed by atoms with Gasteiger partial charge in [0.15, 0.2) is 6.10 Å². The average Bonchev–Trinajstić information content (AvgIpc) is 4.19. The van der Waals surface area contributed by atoms with Gasteiger partial charge in [-0.3, -0.25) is 19.2 Å². The molecule has 3 fully saturated rings. The van der Waals surface area contributed by atoms with Crippen LogP contribution in [0.15, 0.2) is 60.7 Å². The van der Waals surface area contributed by atoms with Crippen LogP contribution in [0.3, 0.4) is 0 Å². The van der Waals surface area contributed by atoms with Crippen LogP contribution in [0.25, 0.3) is 0 Å². The van der Waals surface area contributed by atoms with Crippen LogP contribution in [0.5, 0.6) is 0 Å². The fourth-order valence-electron chi connectivity index (χ4n) is 12.9. The second-order valence-corrected chi connectivity index (χ2v) is 23.8. The summed E-state index contributed by atoms with van der Waals surface area (Å²) in [5, 5.41) is 0. The van der Waals surface area contributed by atoms with Gasteiger partial charge in [-0.2, -0.15) is 0 Å². The van der Waals surface area contributed by atoms with E-state index in [0.29, 0.717) is 23.2 Å². The molecule has 0 aliphatic carbocycles. The number of hydrogen-bond acceptors (Lipinski definition) is 10. The molecule has 5 rings (SSSR count). The van der Waals surface area contributed by atoms with Gasteiger partial charge in [-0.05, 0) is 25.2 Å². The van der Waals surface area contributed by atoms with E-state index in [-0.39, 0.29) is 69.3 Å². The predicted molar refractivity (Wildman–Crippen MR) is 310 cm³/mol. The molecule has 1 spiro atoms. The summed E-state index contributed by atoms with van der Waals surface area (Å²) >= 11 is 0. The monoisotopic (exact) mass is 1080 g/mol. The SMILES string of the molecule is CCCCCCCCCCCCCCCC(=O)OCC(COC(=O)CCCCCCCCCCCCCCC)OC(=O)CCC(C)CC(=O)OC(C(=O)OC1CC2CCC(C1)[N+]21CCCC1)(c1ccccc1)c1ccccc1. The summed E-state index contributed by atoms with van der Waals surface area (Å²) < 4.78 is 31.2. The molecule has 2 aromatic rings. The van der Waals surface area contributed by atoms with Crippen LogP contribution < -0.4 is 0 Å². The Bertz CT molecular complexity index is 1870. The number of quaternary nitrogens is 1. The van der Waals surface area contributed by atoms with Crippen molar-refractivity contribution in [1.82, 2.24) is 0 Å². The van der Waals surface area contributed by atoms with Crippen LogP contribution in [0.4, 0.5) is 0 Å². The largest absolute Gasteiger partial charge is 0.462 e. The molecule has 0 aromatic heterocycles. The molecule has 3 atom stereocenters. The Morgan fingerprint density at radius 3 is 1.32 bits per heavy atom. The molecule has 438 valence electrons. The summed E-state index contributed by atoms with van der Waals surface area (Å²) in [6.45, 7) is 8.37. The maximum atomic E-state index is 14.9. The second-order valence-electron chi connectivity index (χ2n) is 23.8. The molecule has 3 unspecified atom stereocenters. The number of carbonyl (C=O) groups is 5. The first-order valence-electron chi connectivity index (χ1n) is 32.0. The molecule has 3 heterocycles. The Balaban J connectivity index is 1.09. The van der Waals surface area contributed by atoms with Gasteiger partial charge in [-0.25, -0.2) is 4.79 Å². The van der Waals surface area contributed by atoms with Gasteiger partial charge in [0, 0.05) is 75.3 Å². The molecule has 0 radical (unpaired) electrons. The standard InChI is InChI=1S/C67H106NO10/c1-4-6-8-10-12-14-16-18-20-22-24-26-34-42-62(69)74-53-61(54-75-63(70)43-35-27-25-23-21-19-17-15-13-11-9-7-5-2)76-64(71)47-44-55(3)50-65(72)78-67(56-38-30-28-31-39-56,57-40-32-29-33-41-57)66(73)77-60-51-58-45-46-59(52-60)68(58)48-36-37-49-68/h28-33,38-41,55,58-61H,4-27,34-37,42-54H2,1-3H3/q+1. The van der Waals surface area contributed by atoms with Crippen LogP contribution in [-0.4, -0.2) is 84.9 Å². The van der Waals surface area contributed by atoms with E-state index in [4.69, 9.17) is 23.7 Å². The second kappa shape index (κ2) is 37.6. The Hall–Kier alpha value is -4.25. The molecular weight excluding hydrogens is 979 g/mol. The summed E-state index contributed by atoms with van der Waals surface area (Å²) in [5.41, 5.74) is -0.821. The topological polar surface area (TPSA) is 132 Å². The van der Waals surface area contributed by atoms with E-state index in [2.05, 4.69) is 13.8 Å². The van der Waals surface area contributed by atoms with E-state index >= 15 is 0 Å². The fourth-order valence-corrected chi connectivity index (χ4v) is 12.9. The van der Waals surface area contributed by atoms with Gasteiger partial charge in [0.2, 0.25) is 0 Å². The van der Waals surface area contributed by atoms with Crippen LogP contribution in [-0.2, 0) is 53.3 Å². The maximum Gasteiger partial charge on any atom is 0.360 e. The summed E-state index contributed by atoms with van der Waals surface area (Å²) in [6.07, 6.45) is 37.5. The molecule has 78 heavy (non-hydrogen) atoms. The van der Waals surface area contributed by atoms with Gasteiger partial charge >= 0.3 is 29.8 Å². The first kappa shape index (κ1) is 64.6. The molecule has 11 heteroatoms. The van der Waals surface area contributed by atoms with E-state index in [9.17, 15) is 24.0 Å². The number of ether oxygens (including phenoxy) is 5. The van der Waals surface area contributed by atoms with Crippen molar-refractivity contribution < 1.29 is 52.1 Å². The highest BCUT2D eigenvalue weighted by Gasteiger charge is 2.57. The highest BCUT2D eigenvalue weighted by Crippen LogP contribution is 2.47. The first-order chi connectivity index (χ1) is 38.1. The predicted octanol–water partition coefficient (Wildman–Crippen LogP) is 16.1. The lowest BCUT2D eigenvalue weighted by Gasteiger charge is -2.47. The fraction of sp³-hybridized carbons (Fsp3) is 0.746. The zero-order valence-corrected chi connectivity index (χ0v) is 49.2. The van der Waals surface area contributed by atoms with Crippen molar-refractivity contribution in [3.8, 4) is 0 Å². The molecule has 3 aliphatic rings. The molecule has 2 aromatic carbocycles. The lowest BCUT2D eigenvalue weighted by atomic mass is 9.85. The third kappa shape index (κ3) is 22.7. The highest BCUT2D eigenvalue weighted by atomic mass is 16.6. The number of benzene rings is 2. The number of carbonyl (C=O) groups excluding carboxylic acids is 5. The number of unbranched alkanes of at least 4 members (excludes halogenated alkanes) is 24. The van der Waals surface area contributed by atoms with Gasteiger partial charge in [0.05, 0.1) is 25.2 Å². The van der Waals surface area contributed by atoms with Gasteiger partial charge in [0.1, 0.15) is 19.3 Å². The van der Waals surface area contributed by atoms with Gasteiger partial charge in [-0.1, -0.05) is 236 Å². The molecule has 11 nitrogen and oxygen atoms in total. The van der Waals surface area contributed by atoms with Crippen molar-refractivity contribution in [3.05, 3.63) is 71.8 Å². The quantitative estimate of drug-likeness (QED) is 0.0274. The minimum atomic E-state index is -1.84. The summed E-state index contributed by atoms with van der Waals surface area (Å²) in [7, 11) is 0. The highest BCUT2D eigenvalue weighted by molar-refractivity contribution is 5.89. The normalized spacial score (nSPS) is 18.0.